The molecule has 0 unspecified atom stereocenters. The Hall–Kier alpha value is -0.520. The molecular weight excluding hydrogens is 264 g/mol. The SMILES string of the molecule is Cl.N[C@@H](CCC(F)(F)F)c1cccnc1Cl. The van der Waals surface area contributed by atoms with Crippen molar-refractivity contribution in [2.45, 2.75) is 25.1 Å². The number of hydrogen-bond donors (Lipinski definition) is 1. The second-order valence-corrected chi connectivity index (χ2v) is 3.50. The number of halogens is 5. The summed E-state index contributed by atoms with van der Waals surface area (Å²) in [7, 11) is 0. The first kappa shape index (κ1) is 15.5. The van der Waals surface area contributed by atoms with E-state index in [1.165, 1.54) is 6.20 Å². The van der Waals surface area contributed by atoms with Crippen molar-refractivity contribution in [2.75, 3.05) is 0 Å². The second kappa shape index (κ2) is 6.27. The predicted molar refractivity (Wildman–Crippen MR) is 58.7 cm³/mol. The molecule has 0 aromatic carbocycles. The van der Waals surface area contributed by atoms with Gasteiger partial charge in [-0.15, -0.1) is 12.4 Å². The Morgan fingerprint density at radius 3 is 2.56 bits per heavy atom. The minimum Gasteiger partial charge on any atom is -0.324 e. The van der Waals surface area contributed by atoms with Gasteiger partial charge in [0.05, 0.1) is 0 Å². The van der Waals surface area contributed by atoms with E-state index >= 15 is 0 Å². The van der Waals surface area contributed by atoms with Crippen LogP contribution in [0.5, 0.6) is 0 Å². The van der Waals surface area contributed by atoms with Crippen molar-refractivity contribution in [3.8, 4) is 0 Å². The molecule has 16 heavy (non-hydrogen) atoms. The summed E-state index contributed by atoms with van der Waals surface area (Å²) in [4.78, 5) is 3.75. The molecule has 0 saturated heterocycles. The van der Waals surface area contributed by atoms with Crippen LogP contribution in [0.15, 0.2) is 18.3 Å². The highest BCUT2D eigenvalue weighted by Gasteiger charge is 2.28. The molecule has 0 spiro atoms. The van der Waals surface area contributed by atoms with Crippen LogP contribution in [-0.4, -0.2) is 11.2 Å². The van der Waals surface area contributed by atoms with E-state index in [4.69, 9.17) is 17.3 Å². The van der Waals surface area contributed by atoms with Crippen molar-refractivity contribution in [3.05, 3.63) is 29.0 Å². The third-order valence-corrected chi connectivity index (χ3v) is 2.24. The van der Waals surface area contributed by atoms with Gasteiger partial charge in [-0.25, -0.2) is 4.98 Å². The van der Waals surface area contributed by atoms with Crippen molar-refractivity contribution in [1.82, 2.24) is 4.98 Å². The third kappa shape index (κ3) is 5.01. The van der Waals surface area contributed by atoms with Crippen LogP contribution >= 0.6 is 24.0 Å². The van der Waals surface area contributed by atoms with Gasteiger partial charge in [-0.05, 0) is 12.5 Å². The summed E-state index contributed by atoms with van der Waals surface area (Å²) in [6.45, 7) is 0. The predicted octanol–water partition coefficient (Wildman–Crippen LogP) is 3.50. The van der Waals surface area contributed by atoms with Crippen LogP contribution < -0.4 is 5.73 Å². The van der Waals surface area contributed by atoms with E-state index in [2.05, 4.69) is 4.98 Å². The Labute approximate surface area is 102 Å². The molecule has 0 aliphatic carbocycles. The molecule has 1 heterocycles. The largest absolute Gasteiger partial charge is 0.389 e. The molecule has 1 aromatic rings. The Kier molecular flexibility index (Phi) is 6.07. The minimum atomic E-state index is -4.19. The van der Waals surface area contributed by atoms with Crippen molar-refractivity contribution in [2.24, 2.45) is 5.73 Å². The van der Waals surface area contributed by atoms with Gasteiger partial charge < -0.3 is 5.73 Å². The highest BCUT2D eigenvalue weighted by Crippen LogP contribution is 2.28. The molecule has 1 atom stereocenters. The van der Waals surface area contributed by atoms with E-state index in [0.717, 1.165) is 0 Å². The summed E-state index contributed by atoms with van der Waals surface area (Å²) in [5, 5.41) is 0.159. The third-order valence-electron chi connectivity index (χ3n) is 1.93. The first-order valence-corrected chi connectivity index (χ1v) is 4.70. The van der Waals surface area contributed by atoms with Gasteiger partial charge in [0.2, 0.25) is 0 Å². The standard InChI is InChI=1S/C9H10ClF3N2.ClH/c10-8-6(2-1-5-15-8)7(14)3-4-9(11,12)13;/h1-2,5,7H,3-4,14H2;1H/t7-;/m0./s1. The van der Waals surface area contributed by atoms with E-state index in [0.29, 0.717) is 5.56 Å². The van der Waals surface area contributed by atoms with Crippen LogP contribution in [0.3, 0.4) is 0 Å². The lowest BCUT2D eigenvalue weighted by Crippen LogP contribution is -2.16. The molecule has 2 N–H and O–H groups in total. The minimum absolute atomic E-state index is 0. The van der Waals surface area contributed by atoms with E-state index in [1.807, 2.05) is 0 Å². The van der Waals surface area contributed by atoms with Crippen molar-refractivity contribution in [3.63, 3.8) is 0 Å². The zero-order valence-electron chi connectivity index (χ0n) is 8.17. The Bertz CT molecular complexity index is 331. The summed E-state index contributed by atoms with van der Waals surface area (Å²) < 4.78 is 35.8. The quantitative estimate of drug-likeness (QED) is 0.857. The molecule has 0 bridgehead atoms. The molecule has 1 rings (SSSR count). The van der Waals surface area contributed by atoms with Crippen LogP contribution in [-0.2, 0) is 0 Å². The normalized spacial score (nSPS) is 13.1. The van der Waals surface area contributed by atoms with E-state index < -0.39 is 18.6 Å². The molecule has 0 amide bonds. The molecule has 0 aliphatic heterocycles. The van der Waals surface area contributed by atoms with E-state index in [-0.39, 0.29) is 24.0 Å². The van der Waals surface area contributed by atoms with Crippen molar-refractivity contribution >= 4 is 24.0 Å². The fourth-order valence-corrected chi connectivity index (χ4v) is 1.41. The second-order valence-electron chi connectivity index (χ2n) is 3.14. The fraction of sp³-hybridized carbons (Fsp3) is 0.444. The van der Waals surface area contributed by atoms with Gasteiger partial charge in [-0.3, -0.25) is 0 Å². The summed E-state index contributed by atoms with van der Waals surface area (Å²) in [5.74, 6) is 0. The van der Waals surface area contributed by atoms with Crippen LogP contribution in [0.1, 0.15) is 24.4 Å². The van der Waals surface area contributed by atoms with Gasteiger partial charge in [0.25, 0.3) is 0 Å². The van der Waals surface area contributed by atoms with Crippen LogP contribution in [0, 0.1) is 0 Å². The fourth-order valence-electron chi connectivity index (χ4n) is 1.15. The van der Waals surface area contributed by atoms with Gasteiger partial charge in [0.1, 0.15) is 5.15 Å². The van der Waals surface area contributed by atoms with Crippen LogP contribution in [0.4, 0.5) is 13.2 Å². The lowest BCUT2D eigenvalue weighted by molar-refractivity contribution is -0.136. The summed E-state index contributed by atoms with van der Waals surface area (Å²) >= 11 is 5.70. The van der Waals surface area contributed by atoms with Crippen LogP contribution in [0.25, 0.3) is 0 Å². The molecule has 0 aliphatic rings. The van der Waals surface area contributed by atoms with Crippen LogP contribution in [0.2, 0.25) is 5.15 Å². The van der Waals surface area contributed by atoms with Gasteiger partial charge in [0, 0.05) is 24.2 Å². The molecule has 0 radical (unpaired) electrons. The summed E-state index contributed by atoms with van der Waals surface area (Å²) in [5.41, 5.74) is 6.03. The van der Waals surface area contributed by atoms with Gasteiger partial charge in [0.15, 0.2) is 0 Å². The number of hydrogen-bond acceptors (Lipinski definition) is 2. The summed E-state index contributed by atoms with van der Waals surface area (Å²) in [6.07, 6.45) is -3.83. The highest BCUT2D eigenvalue weighted by molar-refractivity contribution is 6.30. The monoisotopic (exact) mass is 274 g/mol. The number of rotatable bonds is 3. The number of nitrogens with two attached hydrogens (primary N) is 1. The topological polar surface area (TPSA) is 38.9 Å². The molecule has 0 saturated carbocycles. The number of nitrogens with zero attached hydrogens (tertiary/aromatic N) is 1. The van der Waals surface area contributed by atoms with E-state index in [1.54, 1.807) is 12.1 Å². The lowest BCUT2D eigenvalue weighted by Gasteiger charge is -2.14. The smallest absolute Gasteiger partial charge is 0.324 e. The number of pyridine rings is 1. The number of aromatic nitrogens is 1. The zero-order valence-corrected chi connectivity index (χ0v) is 9.74. The summed E-state index contributed by atoms with van der Waals surface area (Å²) in [6, 6.07) is 2.44. The molecule has 2 nitrogen and oxygen atoms in total. The molecular formula is C9H11Cl2F3N2. The van der Waals surface area contributed by atoms with Crippen molar-refractivity contribution in [1.29, 1.82) is 0 Å². The molecule has 0 fully saturated rings. The Morgan fingerprint density at radius 1 is 1.44 bits per heavy atom. The lowest BCUT2D eigenvalue weighted by atomic mass is 10.1. The molecule has 92 valence electrons. The average molecular weight is 275 g/mol. The van der Waals surface area contributed by atoms with Crippen molar-refractivity contribution < 1.29 is 13.2 Å². The van der Waals surface area contributed by atoms with Gasteiger partial charge in [-0.2, -0.15) is 13.2 Å². The maximum atomic E-state index is 11.9. The van der Waals surface area contributed by atoms with E-state index in [9.17, 15) is 13.2 Å². The number of alkyl halides is 3. The zero-order chi connectivity index (χ0) is 11.5. The maximum absolute atomic E-state index is 11.9. The molecule has 1 aromatic heterocycles. The highest BCUT2D eigenvalue weighted by atomic mass is 35.5. The van der Waals surface area contributed by atoms with Gasteiger partial charge >= 0.3 is 6.18 Å². The maximum Gasteiger partial charge on any atom is 0.389 e. The molecule has 7 heteroatoms. The first-order valence-electron chi connectivity index (χ1n) is 4.33. The Balaban J connectivity index is 0.00000225. The van der Waals surface area contributed by atoms with Gasteiger partial charge in [-0.1, -0.05) is 17.7 Å². The average Bonchev–Trinajstić information content (AvgIpc) is 2.14. The Morgan fingerprint density at radius 2 is 2.06 bits per heavy atom. The first-order chi connectivity index (χ1) is 6.90.